The topological polar surface area (TPSA) is 68.0 Å². The van der Waals surface area contributed by atoms with E-state index in [4.69, 9.17) is 4.42 Å². The number of hydrogen-bond acceptors (Lipinski definition) is 5. The number of amides is 1. The summed E-state index contributed by atoms with van der Waals surface area (Å²) in [6.07, 6.45) is 7.05. The molecule has 0 unspecified atom stereocenters. The molecule has 0 atom stereocenters. The van der Waals surface area contributed by atoms with Gasteiger partial charge in [0.05, 0.1) is 11.9 Å². The highest BCUT2D eigenvalue weighted by Crippen LogP contribution is 2.29. The lowest BCUT2D eigenvalue weighted by Crippen LogP contribution is -2.12. The van der Waals surface area contributed by atoms with Crippen molar-refractivity contribution < 1.29 is 9.21 Å². The van der Waals surface area contributed by atoms with Gasteiger partial charge < -0.3 is 9.73 Å². The van der Waals surface area contributed by atoms with Crippen LogP contribution in [0, 0.1) is 13.8 Å². The van der Waals surface area contributed by atoms with Gasteiger partial charge in [-0.3, -0.25) is 4.79 Å². The first-order chi connectivity index (χ1) is 13.1. The van der Waals surface area contributed by atoms with Gasteiger partial charge in [-0.2, -0.15) is 0 Å². The summed E-state index contributed by atoms with van der Waals surface area (Å²) in [5.41, 5.74) is 4.64. The highest BCUT2D eigenvalue weighted by Gasteiger charge is 2.16. The van der Waals surface area contributed by atoms with Crippen molar-refractivity contribution >= 4 is 22.4 Å². The standard InChI is InChI=1S/C21H23N3O2S/c1-13-7-8-15(11-14(13)2)17-12-22-20(26-17)10-9-19(25)24-21-23-16-5-3-4-6-18(16)27-21/h7-8,11-12H,3-6,9-10H2,1-2H3,(H,23,24,25). The van der Waals surface area contributed by atoms with E-state index in [9.17, 15) is 4.79 Å². The molecular formula is C21H23N3O2S. The Labute approximate surface area is 162 Å². The van der Waals surface area contributed by atoms with Crippen LogP contribution in [0.2, 0.25) is 0 Å². The number of carbonyl (C=O) groups is 1. The molecule has 0 fully saturated rings. The van der Waals surface area contributed by atoms with Gasteiger partial charge in [-0.05, 0) is 56.7 Å². The summed E-state index contributed by atoms with van der Waals surface area (Å²) in [5.74, 6) is 1.27. The summed E-state index contributed by atoms with van der Waals surface area (Å²) in [6.45, 7) is 4.17. The summed E-state index contributed by atoms with van der Waals surface area (Å²) in [7, 11) is 0. The third kappa shape index (κ3) is 4.11. The van der Waals surface area contributed by atoms with Crippen molar-refractivity contribution in [2.45, 2.75) is 52.4 Å². The van der Waals surface area contributed by atoms with E-state index in [1.54, 1.807) is 17.5 Å². The molecule has 0 radical (unpaired) electrons. The molecule has 6 heteroatoms. The number of anilines is 1. The fraction of sp³-hybridized carbons (Fsp3) is 0.381. The molecule has 0 bridgehead atoms. The molecule has 5 nitrogen and oxygen atoms in total. The highest BCUT2D eigenvalue weighted by atomic mass is 32.1. The van der Waals surface area contributed by atoms with E-state index in [0.29, 0.717) is 18.7 Å². The van der Waals surface area contributed by atoms with Crippen molar-refractivity contribution in [1.82, 2.24) is 9.97 Å². The zero-order chi connectivity index (χ0) is 18.8. The molecule has 4 rings (SSSR count). The van der Waals surface area contributed by atoms with Crippen molar-refractivity contribution in [3.63, 3.8) is 0 Å². The van der Waals surface area contributed by atoms with Gasteiger partial charge in [-0.25, -0.2) is 9.97 Å². The van der Waals surface area contributed by atoms with Gasteiger partial charge in [-0.15, -0.1) is 11.3 Å². The van der Waals surface area contributed by atoms with Crippen LogP contribution in [0.25, 0.3) is 11.3 Å². The highest BCUT2D eigenvalue weighted by molar-refractivity contribution is 7.15. The summed E-state index contributed by atoms with van der Waals surface area (Å²) >= 11 is 1.61. The third-order valence-corrected chi connectivity index (χ3v) is 6.08. The van der Waals surface area contributed by atoms with Crippen LogP contribution in [0.15, 0.2) is 28.8 Å². The fourth-order valence-corrected chi connectivity index (χ4v) is 4.33. The Morgan fingerprint density at radius 2 is 2.07 bits per heavy atom. The van der Waals surface area contributed by atoms with Crippen molar-refractivity contribution in [2.24, 2.45) is 0 Å². The zero-order valence-electron chi connectivity index (χ0n) is 15.7. The smallest absolute Gasteiger partial charge is 0.226 e. The predicted octanol–water partition coefficient (Wildman–Crippen LogP) is 4.87. The van der Waals surface area contributed by atoms with E-state index in [-0.39, 0.29) is 5.91 Å². The summed E-state index contributed by atoms with van der Waals surface area (Å²) in [5, 5.41) is 3.64. The van der Waals surface area contributed by atoms with Gasteiger partial charge in [0, 0.05) is 23.3 Å². The lowest BCUT2D eigenvalue weighted by molar-refractivity contribution is -0.116. The molecule has 1 amide bonds. The maximum atomic E-state index is 12.2. The molecule has 2 aromatic heterocycles. The Morgan fingerprint density at radius 1 is 1.22 bits per heavy atom. The van der Waals surface area contributed by atoms with Crippen LogP contribution >= 0.6 is 11.3 Å². The molecular weight excluding hydrogens is 358 g/mol. The van der Waals surface area contributed by atoms with Gasteiger partial charge in [0.25, 0.3) is 0 Å². The van der Waals surface area contributed by atoms with Crippen molar-refractivity contribution in [3.05, 3.63) is 52.0 Å². The van der Waals surface area contributed by atoms with Gasteiger partial charge in [-0.1, -0.05) is 12.1 Å². The van der Waals surface area contributed by atoms with E-state index >= 15 is 0 Å². The van der Waals surface area contributed by atoms with E-state index < -0.39 is 0 Å². The summed E-state index contributed by atoms with van der Waals surface area (Å²) in [6, 6.07) is 6.20. The molecule has 3 aromatic rings. The lowest BCUT2D eigenvalue weighted by Gasteiger charge is -2.06. The molecule has 140 valence electrons. The average Bonchev–Trinajstić information content (AvgIpc) is 3.28. The molecule has 0 aliphatic heterocycles. The minimum absolute atomic E-state index is 0.0490. The Kier molecular flexibility index (Phi) is 5.07. The maximum absolute atomic E-state index is 12.2. The lowest BCUT2D eigenvalue weighted by atomic mass is 10.0. The van der Waals surface area contributed by atoms with Crippen molar-refractivity contribution in [1.29, 1.82) is 0 Å². The van der Waals surface area contributed by atoms with Crippen molar-refractivity contribution in [3.8, 4) is 11.3 Å². The summed E-state index contributed by atoms with van der Waals surface area (Å²) < 4.78 is 5.83. The normalized spacial score (nSPS) is 13.4. The van der Waals surface area contributed by atoms with Gasteiger partial charge >= 0.3 is 0 Å². The second-order valence-electron chi connectivity index (χ2n) is 7.06. The Balaban J connectivity index is 1.34. The number of thiazole rings is 1. The van der Waals surface area contributed by atoms with E-state index in [1.807, 2.05) is 6.07 Å². The zero-order valence-corrected chi connectivity index (χ0v) is 16.5. The number of aryl methyl sites for hydroxylation is 5. The second kappa shape index (κ2) is 7.64. The average molecular weight is 382 g/mol. The first kappa shape index (κ1) is 17.9. The monoisotopic (exact) mass is 381 g/mol. The Bertz CT molecular complexity index is 950. The fourth-order valence-electron chi connectivity index (χ4n) is 3.26. The van der Waals surface area contributed by atoms with Gasteiger partial charge in [0.1, 0.15) is 0 Å². The molecule has 0 saturated carbocycles. The molecule has 0 saturated heterocycles. The van der Waals surface area contributed by atoms with Crippen molar-refractivity contribution in [2.75, 3.05) is 5.32 Å². The van der Waals surface area contributed by atoms with E-state index in [1.165, 1.54) is 28.8 Å². The Morgan fingerprint density at radius 3 is 2.89 bits per heavy atom. The van der Waals surface area contributed by atoms with E-state index in [2.05, 4.69) is 41.3 Å². The predicted molar refractivity (Wildman–Crippen MR) is 107 cm³/mol. The minimum atomic E-state index is -0.0490. The molecule has 1 N–H and O–H groups in total. The van der Waals surface area contributed by atoms with Gasteiger partial charge in [0.2, 0.25) is 5.91 Å². The van der Waals surface area contributed by atoms with Crippen LogP contribution in [0.4, 0.5) is 5.13 Å². The molecule has 1 aliphatic carbocycles. The number of hydrogen-bond donors (Lipinski definition) is 1. The quantitative estimate of drug-likeness (QED) is 0.685. The Hall–Kier alpha value is -2.47. The number of fused-ring (bicyclic) bond motifs is 1. The number of nitrogens with one attached hydrogen (secondary N) is 1. The van der Waals surface area contributed by atoms with Crippen LogP contribution < -0.4 is 5.32 Å². The SMILES string of the molecule is Cc1ccc(-c2cnc(CCC(=O)Nc3nc4c(s3)CCCC4)o2)cc1C. The largest absolute Gasteiger partial charge is 0.441 e. The number of nitrogens with zero attached hydrogens (tertiary/aromatic N) is 2. The minimum Gasteiger partial charge on any atom is -0.441 e. The van der Waals surface area contributed by atoms with Crippen LogP contribution in [0.3, 0.4) is 0 Å². The van der Waals surface area contributed by atoms with Gasteiger partial charge in [0.15, 0.2) is 16.8 Å². The molecule has 1 aromatic carbocycles. The number of carbonyl (C=O) groups excluding carboxylic acids is 1. The molecule has 27 heavy (non-hydrogen) atoms. The van der Waals surface area contributed by atoms with Crippen LogP contribution in [0.5, 0.6) is 0 Å². The van der Waals surface area contributed by atoms with Crippen LogP contribution in [-0.2, 0) is 24.1 Å². The van der Waals surface area contributed by atoms with Crippen LogP contribution in [-0.4, -0.2) is 15.9 Å². The molecule has 2 heterocycles. The number of benzene rings is 1. The van der Waals surface area contributed by atoms with E-state index in [0.717, 1.165) is 35.0 Å². The first-order valence-electron chi connectivity index (χ1n) is 9.39. The van der Waals surface area contributed by atoms with Crippen LogP contribution in [0.1, 0.15) is 46.9 Å². The molecule has 0 spiro atoms. The number of oxazole rings is 1. The number of rotatable bonds is 5. The molecule has 1 aliphatic rings. The third-order valence-electron chi connectivity index (χ3n) is 5.00. The maximum Gasteiger partial charge on any atom is 0.226 e. The summed E-state index contributed by atoms with van der Waals surface area (Å²) in [4.78, 5) is 22.4. The second-order valence-corrected chi connectivity index (χ2v) is 8.15. The number of aromatic nitrogens is 2. The first-order valence-corrected chi connectivity index (χ1v) is 10.2.